The summed E-state index contributed by atoms with van der Waals surface area (Å²) in [6.45, 7) is 4.84. The molecule has 0 aromatic heterocycles. The highest BCUT2D eigenvalue weighted by Gasteiger charge is 2.82. The summed E-state index contributed by atoms with van der Waals surface area (Å²) in [6.07, 6.45) is 11.9. The maximum absolute atomic E-state index is 12.5. The smallest absolute Gasteiger partial charge is 0.306 e. The van der Waals surface area contributed by atoms with Crippen LogP contribution in [-0.2, 0) is 23.8 Å². The molecule has 33 heavy (non-hydrogen) atoms. The number of fused-ring (bicyclic) bond motifs is 4. The Balaban J connectivity index is 1.46. The highest BCUT2D eigenvalue weighted by Crippen LogP contribution is 2.78. The summed E-state index contributed by atoms with van der Waals surface area (Å²) in [7, 11) is 1.46. The molecule has 0 aromatic rings. The Bertz CT molecular complexity index is 968. The molecule has 0 radical (unpaired) electrons. The van der Waals surface area contributed by atoms with Gasteiger partial charge in [0.2, 0.25) is 0 Å². The fraction of sp³-hybridized carbons (Fsp3) is 0.778. The van der Waals surface area contributed by atoms with E-state index < -0.39 is 0 Å². The van der Waals surface area contributed by atoms with Crippen molar-refractivity contribution in [3.8, 4) is 0 Å². The van der Waals surface area contributed by atoms with E-state index in [0.717, 1.165) is 38.5 Å². The van der Waals surface area contributed by atoms with E-state index in [1.54, 1.807) is 0 Å². The molecular weight excluding hydrogens is 420 g/mol. The van der Waals surface area contributed by atoms with E-state index in [2.05, 4.69) is 26.0 Å². The number of rotatable bonds is 4. The Kier molecular flexibility index (Phi) is 4.60. The molecule has 2 saturated heterocycles. The van der Waals surface area contributed by atoms with E-state index in [4.69, 9.17) is 14.2 Å². The number of hydrogen-bond donors (Lipinski definition) is 1. The number of aliphatic hydroxyl groups is 1. The van der Waals surface area contributed by atoms with Crippen molar-refractivity contribution in [1.82, 2.24) is 0 Å². The second kappa shape index (κ2) is 6.94. The lowest BCUT2D eigenvalue weighted by molar-refractivity contribution is -0.165. The van der Waals surface area contributed by atoms with Gasteiger partial charge in [0.25, 0.3) is 0 Å². The van der Waals surface area contributed by atoms with Crippen LogP contribution in [0.4, 0.5) is 0 Å². The average Bonchev–Trinajstić information content (AvgIpc) is 3.27. The fourth-order valence-electron chi connectivity index (χ4n) is 9.08. The first-order chi connectivity index (χ1) is 15.7. The zero-order chi connectivity index (χ0) is 23.2. The third kappa shape index (κ3) is 2.63. The van der Waals surface area contributed by atoms with Gasteiger partial charge in [0.05, 0.1) is 19.6 Å². The van der Waals surface area contributed by atoms with Crippen LogP contribution in [0.3, 0.4) is 0 Å². The summed E-state index contributed by atoms with van der Waals surface area (Å²) < 4.78 is 18.0. The lowest BCUT2D eigenvalue weighted by atomic mass is 9.44. The van der Waals surface area contributed by atoms with Gasteiger partial charge in [-0.25, -0.2) is 0 Å². The Morgan fingerprint density at radius 3 is 2.76 bits per heavy atom. The molecule has 4 aliphatic carbocycles. The molecule has 6 nitrogen and oxygen atoms in total. The minimum atomic E-state index is -0.381. The minimum Gasteiger partial charge on any atom is -0.469 e. The number of methoxy groups -OCH3 is 1. The van der Waals surface area contributed by atoms with Gasteiger partial charge in [0.15, 0.2) is 0 Å². The van der Waals surface area contributed by atoms with Crippen LogP contribution in [0.1, 0.15) is 71.6 Å². The van der Waals surface area contributed by atoms with Crippen LogP contribution in [0.15, 0.2) is 23.3 Å². The molecule has 2 saturated carbocycles. The summed E-state index contributed by atoms with van der Waals surface area (Å²) in [4.78, 5) is 24.8. The van der Waals surface area contributed by atoms with Crippen LogP contribution in [-0.4, -0.2) is 48.1 Å². The zero-order valence-corrected chi connectivity index (χ0v) is 20.0. The summed E-state index contributed by atoms with van der Waals surface area (Å²) in [5, 5.41) is 9.50. The van der Waals surface area contributed by atoms with Crippen molar-refractivity contribution >= 4 is 11.9 Å². The average molecular weight is 457 g/mol. The standard InChI is InChI=1S/C27H36O6/c1-24-8-4-16(7-11-28)12-18(24)13-17(14-22(30)31-3)23-19-5-9-26(10-6-21(29)33-26)25(19,2)15-20-27(23,24)32-20/h12-13,17,19-20,23,28H,4-11,14-15H2,1-3H3/t17-,19?,20+,23?,24-,25-,26+,27+/m0/s1. The number of aliphatic hydroxyl groups excluding tert-OH is 1. The highest BCUT2D eigenvalue weighted by atomic mass is 16.6. The Hall–Kier alpha value is -1.66. The summed E-state index contributed by atoms with van der Waals surface area (Å²) >= 11 is 0. The normalized spacial score (nSPS) is 49.3. The molecule has 0 amide bonds. The van der Waals surface area contributed by atoms with Gasteiger partial charge in [0, 0.05) is 29.8 Å². The van der Waals surface area contributed by atoms with Gasteiger partial charge in [0.1, 0.15) is 11.2 Å². The van der Waals surface area contributed by atoms with E-state index in [0.29, 0.717) is 25.2 Å². The van der Waals surface area contributed by atoms with Crippen molar-refractivity contribution < 1.29 is 28.9 Å². The van der Waals surface area contributed by atoms with Crippen molar-refractivity contribution in [3.63, 3.8) is 0 Å². The molecule has 2 aliphatic heterocycles. The first-order valence-electron chi connectivity index (χ1n) is 12.7. The minimum absolute atomic E-state index is 0.0344. The number of epoxide rings is 1. The molecule has 6 aliphatic rings. The van der Waals surface area contributed by atoms with Crippen LogP contribution in [0.25, 0.3) is 0 Å². The first kappa shape index (κ1) is 21.8. The molecule has 6 rings (SSSR count). The highest BCUT2D eigenvalue weighted by molar-refractivity contribution is 5.73. The number of hydrogen-bond acceptors (Lipinski definition) is 6. The van der Waals surface area contributed by atoms with Gasteiger partial charge in [-0.2, -0.15) is 0 Å². The van der Waals surface area contributed by atoms with Crippen molar-refractivity contribution in [2.45, 2.75) is 88.9 Å². The molecule has 2 spiro atoms. The largest absolute Gasteiger partial charge is 0.469 e. The van der Waals surface area contributed by atoms with E-state index in [9.17, 15) is 14.7 Å². The Labute approximate surface area is 195 Å². The number of allylic oxidation sites excluding steroid dienone is 2. The maximum atomic E-state index is 12.5. The Morgan fingerprint density at radius 1 is 1.24 bits per heavy atom. The van der Waals surface area contributed by atoms with Crippen LogP contribution in [0, 0.1) is 28.6 Å². The molecule has 0 bridgehead atoms. The Morgan fingerprint density at radius 2 is 2.06 bits per heavy atom. The topological polar surface area (TPSA) is 85.4 Å². The van der Waals surface area contributed by atoms with Crippen molar-refractivity contribution in [2.24, 2.45) is 28.6 Å². The lowest BCUT2D eigenvalue weighted by Crippen LogP contribution is -2.61. The van der Waals surface area contributed by atoms with Crippen LogP contribution >= 0.6 is 0 Å². The van der Waals surface area contributed by atoms with Crippen LogP contribution in [0.5, 0.6) is 0 Å². The second-order valence-corrected chi connectivity index (χ2v) is 11.8. The van der Waals surface area contributed by atoms with E-state index >= 15 is 0 Å². The van der Waals surface area contributed by atoms with Gasteiger partial charge in [-0.1, -0.05) is 31.6 Å². The first-order valence-corrected chi connectivity index (χ1v) is 12.7. The molecule has 180 valence electrons. The zero-order valence-electron chi connectivity index (χ0n) is 20.0. The fourth-order valence-corrected chi connectivity index (χ4v) is 9.08. The van der Waals surface area contributed by atoms with Gasteiger partial charge < -0.3 is 19.3 Å². The molecule has 0 aromatic carbocycles. The van der Waals surface area contributed by atoms with Gasteiger partial charge >= 0.3 is 11.9 Å². The summed E-state index contributed by atoms with van der Waals surface area (Å²) in [5.41, 5.74) is 1.68. The number of carbonyl (C=O) groups is 2. The van der Waals surface area contributed by atoms with Crippen molar-refractivity contribution in [1.29, 1.82) is 0 Å². The lowest BCUT2D eigenvalue weighted by Gasteiger charge is -2.58. The van der Waals surface area contributed by atoms with Gasteiger partial charge in [-0.15, -0.1) is 0 Å². The SMILES string of the molecule is COC(=O)C[C@@H]1C=C2C=C(CCO)CC[C@]2(C)[C@@]23O[C@@H]2C[C@@]2(C)C(CC[C@@]24CCC(=O)O4)C13. The predicted octanol–water partition coefficient (Wildman–Crippen LogP) is 3.86. The molecule has 1 N–H and O–H groups in total. The summed E-state index contributed by atoms with van der Waals surface area (Å²) in [5.74, 6) is 0.334. The van der Waals surface area contributed by atoms with E-state index in [-0.39, 0.29) is 58.5 Å². The van der Waals surface area contributed by atoms with Crippen LogP contribution in [0.2, 0.25) is 0 Å². The third-order valence-corrected chi connectivity index (χ3v) is 10.8. The van der Waals surface area contributed by atoms with Crippen molar-refractivity contribution in [3.05, 3.63) is 23.3 Å². The molecule has 8 atom stereocenters. The maximum Gasteiger partial charge on any atom is 0.306 e. The number of esters is 2. The number of ether oxygens (including phenoxy) is 3. The van der Waals surface area contributed by atoms with E-state index in [1.807, 2.05) is 0 Å². The third-order valence-electron chi connectivity index (χ3n) is 10.8. The molecule has 6 heteroatoms. The monoisotopic (exact) mass is 456 g/mol. The van der Waals surface area contributed by atoms with Crippen molar-refractivity contribution in [2.75, 3.05) is 13.7 Å². The molecular formula is C27H36O6. The van der Waals surface area contributed by atoms with Gasteiger partial charge in [-0.3, -0.25) is 9.59 Å². The molecule has 4 fully saturated rings. The molecule has 2 heterocycles. The quantitative estimate of drug-likeness (QED) is 0.511. The predicted molar refractivity (Wildman–Crippen MR) is 120 cm³/mol. The summed E-state index contributed by atoms with van der Waals surface area (Å²) in [6, 6.07) is 0. The number of carbonyl (C=O) groups excluding carboxylic acids is 2. The van der Waals surface area contributed by atoms with E-state index in [1.165, 1.54) is 18.3 Å². The molecule has 2 unspecified atom stereocenters. The second-order valence-electron chi connectivity index (χ2n) is 11.8. The van der Waals surface area contributed by atoms with Crippen LogP contribution < -0.4 is 0 Å². The van der Waals surface area contributed by atoms with Gasteiger partial charge in [-0.05, 0) is 62.4 Å².